The first-order chi connectivity index (χ1) is 9.59. The molecule has 1 aliphatic heterocycles. The van der Waals surface area contributed by atoms with Crippen LogP contribution in [0.1, 0.15) is 38.0 Å². The minimum atomic E-state index is -3.33. The maximum absolute atomic E-state index is 12.9. The van der Waals surface area contributed by atoms with E-state index in [1.165, 1.54) is 11.3 Å². The van der Waals surface area contributed by atoms with Crippen molar-refractivity contribution in [3.63, 3.8) is 0 Å². The van der Waals surface area contributed by atoms with Gasteiger partial charge in [0, 0.05) is 17.5 Å². The molecule has 0 bridgehead atoms. The van der Waals surface area contributed by atoms with E-state index in [1.807, 2.05) is 13.0 Å². The van der Waals surface area contributed by atoms with E-state index in [4.69, 9.17) is 0 Å². The summed E-state index contributed by atoms with van der Waals surface area (Å²) < 4.78 is 28.0. The van der Waals surface area contributed by atoms with Crippen LogP contribution >= 0.6 is 23.7 Å². The highest BCUT2D eigenvalue weighted by Gasteiger charge is 2.32. The van der Waals surface area contributed by atoms with Crippen LogP contribution in [0.3, 0.4) is 0 Å². The number of aryl methyl sites for hydroxylation is 1. The number of thiophene rings is 1. The van der Waals surface area contributed by atoms with E-state index < -0.39 is 10.0 Å². The Hall–Kier alpha value is -0.140. The molecule has 122 valence electrons. The van der Waals surface area contributed by atoms with E-state index in [9.17, 15) is 8.42 Å². The fourth-order valence-electron chi connectivity index (χ4n) is 2.62. The predicted octanol–water partition coefficient (Wildman–Crippen LogP) is 2.89. The Balaban J connectivity index is 0.00000220. The molecule has 1 aliphatic rings. The zero-order valence-corrected chi connectivity index (χ0v) is 15.1. The van der Waals surface area contributed by atoms with Crippen molar-refractivity contribution in [3.8, 4) is 0 Å². The highest BCUT2D eigenvalue weighted by Crippen LogP contribution is 2.28. The average Bonchev–Trinajstić information content (AvgIpc) is 2.95. The van der Waals surface area contributed by atoms with Crippen LogP contribution in [0.25, 0.3) is 0 Å². The van der Waals surface area contributed by atoms with Crippen molar-refractivity contribution in [1.82, 2.24) is 9.62 Å². The Labute approximate surface area is 138 Å². The van der Waals surface area contributed by atoms with Crippen LogP contribution in [0, 0.1) is 0 Å². The maximum atomic E-state index is 12.9. The van der Waals surface area contributed by atoms with E-state index in [0.29, 0.717) is 10.8 Å². The molecule has 0 spiro atoms. The Kier molecular flexibility index (Phi) is 7.64. The zero-order chi connectivity index (χ0) is 14.6. The van der Waals surface area contributed by atoms with Gasteiger partial charge in [0.05, 0.1) is 0 Å². The van der Waals surface area contributed by atoms with Crippen LogP contribution in [0.5, 0.6) is 0 Å². The normalized spacial score (nSPS) is 16.9. The number of nitrogens with zero attached hydrogens (tertiary/aromatic N) is 1. The van der Waals surface area contributed by atoms with Gasteiger partial charge in [0.1, 0.15) is 4.21 Å². The van der Waals surface area contributed by atoms with Gasteiger partial charge in [-0.25, -0.2) is 8.42 Å². The molecule has 2 rings (SSSR count). The van der Waals surface area contributed by atoms with Gasteiger partial charge in [0.25, 0.3) is 10.0 Å². The second kappa shape index (κ2) is 8.48. The monoisotopic (exact) mass is 352 g/mol. The van der Waals surface area contributed by atoms with Crippen molar-refractivity contribution in [1.29, 1.82) is 0 Å². The largest absolute Gasteiger partial charge is 0.317 e. The van der Waals surface area contributed by atoms with Gasteiger partial charge < -0.3 is 5.32 Å². The molecule has 0 aliphatic carbocycles. The van der Waals surface area contributed by atoms with Crippen molar-refractivity contribution in [2.24, 2.45) is 0 Å². The third-order valence-electron chi connectivity index (χ3n) is 3.71. The lowest BCUT2D eigenvalue weighted by Crippen LogP contribution is -2.46. The van der Waals surface area contributed by atoms with Gasteiger partial charge >= 0.3 is 0 Å². The Morgan fingerprint density at radius 1 is 1.29 bits per heavy atom. The molecule has 1 N–H and O–H groups in total. The maximum Gasteiger partial charge on any atom is 0.252 e. The second-order valence-corrected chi connectivity index (χ2v) is 8.46. The standard InChI is InChI=1S/C14H24N2O2S2.ClH/c1-3-11-16(12-7-9-15-10-8-12)20(17,18)14-6-5-13(4-2)19-14;/h5-6,12,15H,3-4,7-11H2,1-2H3;1H. The van der Waals surface area contributed by atoms with Gasteiger partial charge in [-0.3, -0.25) is 0 Å². The fraction of sp³-hybridized carbons (Fsp3) is 0.714. The van der Waals surface area contributed by atoms with Gasteiger partial charge in [0.2, 0.25) is 0 Å². The van der Waals surface area contributed by atoms with Crippen LogP contribution in [-0.4, -0.2) is 38.4 Å². The van der Waals surface area contributed by atoms with Crippen LogP contribution in [-0.2, 0) is 16.4 Å². The average molecular weight is 353 g/mol. The molecule has 0 unspecified atom stereocenters. The van der Waals surface area contributed by atoms with E-state index >= 15 is 0 Å². The number of rotatable bonds is 6. The molecule has 21 heavy (non-hydrogen) atoms. The zero-order valence-electron chi connectivity index (χ0n) is 12.7. The summed E-state index contributed by atoms with van der Waals surface area (Å²) in [5.74, 6) is 0. The summed E-state index contributed by atoms with van der Waals surface area (Å²) in [5.41, 5.74) is 0. The first kappa shape index (κ1) is 18.9. The van der Waals surface area contributed by atoms with E-state index in [1.54, 1.807) is 10.4 Å². The van der Waals surface area contributed by atoms with Crippen molar-refractivity contribution < 1.29 is 8.42 Å². The number of nitrogens with one attached hydrogen (secondary N) is 1. The van der Waals surface area contributed by atoms with Crippen LogP contribution in [0.4, 0.5) is 0 Å². The first-order valence-electron chi connectivity index (χ1n) is 7.40. The summed E-state index contributed by atoms with van der Waals surface area (Å²) in [6.45, 7) is 6.52. The molecular formula is C14H25ClN2O2S2. The number of sulfonamides is 1. The highest BCUT2D eigenvalue weighted by molar-refractivity contribution is 7.91. The van der Waals surface area contributed by atoms with Gasteiger partial charge in [-0.15, -0.1) is 23.7 Å². The number of piperidine rings is 1. The van der Waals surface area contributed by atoms with Crippen molar-refractivity contribution in [2.75, 3.05) is 19.6 Å². The molecule has 0 aromatic carbocycles. The molecule has 7 heteroatoms. The topological polar surface area (TPSA) is 49.4 Å². The van der Waals surface area contributed by atoms with E-state index in [-0.39, 0.29) is 18.4 Å². The number of hydrogen-bond acceptors (Lipinski definition) is 4. The van der Waals surface area contributed by atoms with Crippen LogP contribution < -0.4 is 5.32 Å². The third-order valence-corrected chi connectivity index (χ3v) is 7.36. The molecule has 0 saturated carbocycles. The summed E-state index contributed by atoms with van der Waals surface area (Å²) in [6.07, 6.45) is 3.56. The van der Waals surface area contributed by atoms with E-state index in [2.05, 4.69) is 12.2 Å². The molecule has 0 amide bonds. The van der Waals surface area contributed by atoms with Gasteiger partial charge in [-0.2, -0.15) is 4.31 Å². The Bertz CT molecular complexity index is 525. The lowest BCUT2D eigenvalue weighted by Gasteiger charge is -2.33. The Morgan fingerprint density at radius 2 is 1.95 bits per heavy atom. The summed E-state index contributed by atoms with van der Waals surface area (Å²) >= 11 is 1.41. The number of halogens is 1. The molecule has 4 nitrogen and oxygen atoms in total. The molecule has 1 aromatic rings. The van der Waals surface area contributed by atoms with Crippen molar-refractivity contribution in [3.05, 3.63) is 17.0 Å². The van der Waals surface area contributed by atoms with Gasteiger partial charge in [-0.05, 0) is 50.9 Å². The SMILES string of the molecule is CCCN(C1CCNCC1)S(=O)(=O)c1ccc(CC)s1.Cl. The quantitative estimate of drug-likeness (QED) is 0.856. The lowest BCUT2D eigenvalue weighted by atomic mass is 10.1. The molecule has 2 heterocycles. The minimum Gasteiger partial charge on any atom is -0.317 e. The second-order valence-electron chi connectivity index (χ2n) is 5.17. The Morgan fingerprint density at radius 3 is 2.48 bits per heavy atom. The summed E-state index contributed by atoms with van der Waals surface area (Å²) in [7, 11) is -3.33. The van der Waals surface area contributed by atoms with Crippen molar-refractivity contribution in [2.45, 2.75) is 49.8 Å². The first-order valence-corrected chi connectivity index (χ1v) is 9.66. The smallest absolute Gasteiger partial charge is 0.252 e. The molecule has 0 atom stereocenters. The van der Waals surface area contributed by atoms with Crippen LogP contribution in [0.15, 0.2) is 16.3 Å². The molecular weight excluding hydrogens is 328 g/mol. The lowest BCUT2D eigenvalue weighted by molar-refractivity contribution is 0.263. The van der Waals surface area contributed by atoms with Gasteiger partial charge in [0.15, 0.2) is 0 Å². The van der Waals surface area contributed by atoms with E-state index in [0.717, 1.165) is 43.6 Å². The predicted molar refractivity (Wildman–Crippen MR) is 91.0 cm³/mol. The highest BCUT2D eigenvalue weighted by atomic mass is 35.5. The molecule has 0 radical (unpaired) electrons. The summed E-state index contributed by atoms with van der Waals surface area (Å²) in [6, 6.07) is 3.85. The fourth-order valence-corrected chi connectivity index (χ4v) is 5.82. The van der Waals surface area contributed by atoms with Crippen LogP contribution in [0.2, 0.25) is 0 Å². The van der Waals surface area contributed by atoms with Gasteiger partial charge in [-0.1, -0.05) is 13.8 Å². The number of hydrogen-bond donors (Lipinski definition) is 1. The molecule has 1 fully saturated rings. The summed E-state index contributed by atoms with van der Waals surface area (Å²) in [4.78, 5) is 1.13. The molecule has 1 aromatic heterocycles. The molecule has 1 saturated heterocycles. The third kappa shape index (κ3) is 4.42. The minimum absolute atomic E-state index is 0. The summed E-state index contributed by atoms with van der Waals surface area (Å²) in [5, 5.41) is 3.30. The van der Waals surface area contributed by atoms with Crippen molar-refractivity contribution >= 4 is 33.8 Å².